The average Bonchev–Trinajstić information content (AvgIpc) is 2.82. The van der Waals surface area contributed by atoms with Gasteiger partial charge in [-0.1, -0.05) is 62.2 Å². The van der Waals surface area contributed by atoms with Gasteiger partial charge in [0, 0.05) is 25.8 Å². The minimum atomic E-state index is 0.890. The Balaban J connectivity index is 2.08. The lowest BCUT2D eigenvalue weighted by Crippen LogP contribution is -1.82. The van der Waals surface area contributed by atoms with E-state index in [-0.39, 0.29) is 0 Å². The summed E-state index contributed by atoms with van der Waals surface area (Å²) in [5.41, 5.74) is 4.23. The van der Waals surface area contributed by atoms with Crippen molar-refractivity contribution in [3.8, 4) is 22.6 Å². The van der Waals surface area contributed by atoms with E-state index in [1.54, 1.807) is 0 Å². The molecule has 100 valence electrons. The topological polar surface area (TPSA) is 28.7 Å². The van der Waals surface area contributed by atoms with Crippen LogP contribution in [0.25, 0.3) is 22.6 Å². The maximum absolute atomic E-state index is 4.74. The fourth-order valence-electron chi connectivity index (χ4n) is 2.12. The van der Waals surface area contributed by atoms with Gasteiger partial charge in [0.25, 0.3) is 0 Å². The molecule has 0 radical (unpaired) electrons. The molecule has 1 aromatic heterocycles. The molecule has 3 aromatic rings. The Kier molecular flexibility index (Phi) is 3.76. The highest BCUT2D eigenvalue weighted by Gasteiger charge is 2.12. The van der Waals surface area contributed by atoms with Gasteiger partial charge in [-0.3, -0.25) is 0 Å². The molecule has 0 unspecified atom stereocenters. The van der Waals surface area contributed by atoms with Crippen LogP contribution in [0.4, 0.5) is 0 Å². The monoisotopic (exact) mass is 390 g/mol. The summed E-state index contributed by atoms with van der Waals surface area (Å²) in [5, 5.41) is 0. The standard InChI is InChI=1S/C16H12Br2N2/c1-10-15(13-4-2-3-5-14(13)18)20-16(19-10)11-6-8-12(17)9-7-11/h2-9H,1H3,(H,19,20). The number of nitrogens with one attached hydrogen (secondary N) is 1. The molecule has 0 amide bonds. The van der Waals surface area contributed by atoms with Gasteiger partial charge in [-0.2, -0.15) is 0 Å². The van der Waals surface area contributed by atoms with E-state index in [0.29, 0.717) is 0 Å². The summed E-state index contributed by atoms with van der Waals surface area (Å²) in [6, 6.07) is 16.3. The lowest BCUT2D eigenvalue weighted by molar-refractivity contribution is 1.25. The number of benzene rings is 2. The summed E-state index contributed by atoms with van der Waals surface area (Å²) in [6.07, 6.45) is 0. The minimum Gasteiger partial charge on any atom is -0.342 e. The first-order valence-corrected chi connectivity index (χ1v) is 7.81. The molecule has 2 nitrogen and oxygen atoms in total. The number of hydrogen-bond donors (Lipinski definition) is 1. The van der Waals surface area contributed by atoms with Gasteiger partial charge < -0.3 is 4.98 Å². The number of nitrogens with zero attached hydrogens (tertiary/aromatic N) is 1. The molecule has 2 aromatic carbocycles. The second-order valence-electron chi connectivity index (χ2n) is 4.55. The Labute approximate surface area is 134 Å². The molecule has 0 aliphatic heterocycles. The van der Waals surface area contributed by atoms with Crippen LogP contribution in [0.5, 0.6) is 0 Å². The SMILES string of the molecule is Cc1[nH]c(-c2ccc(Br)cc2)nc1-c1ccccc1Br. The fraction of sp³-hybridized carbons (Fsp3) is 0.0625. The maximum Gasteiger partial charge on any atom is 0.138 e. The van der Waals surface area contributed by atoms with Crippen LogP contribution in [0.2, 0.25) is 0 Å². The predicted octanol–water partition coefficient (Wildman–Crippen LogP) is 5.58. The van der Waals surface area contributed by atoms with Crippen molar-refractivity contribution in [2.24, 2.45) is 0 Å². The molecule has 0 bridgehead atoms. The molecule has 20 heavy (non-hydrogen) atoms. The molecule has 0 fully saturated rings. The first-order chi connectivity index (χ1) is 9.65. The van der Waals surface area contributed by atoms with E-state index >= 15 is 0 Å². The van der Waals surface area contributed by atoms with E-state index in [0.717, 1.165) is 37.3 Å². The van der Waals surface area contributed by atoms with E-state index in [4.69, 9.17) is 4.98 Å². The highest BCUT2D eigenvalue weighted by Crippen LogP contribution is 2.31. The molecule has 1 N–H and O–H groups in total. The van der Waals surface area contributed by atoms with Crippen LogP contribution in [-0.2, 0) is 0 Å². The zero-order valence-corrected chi connectivity index (χ0v) is 14.0. The molecule has 0 saturated heterocycles. The van der Waals surface area contributed by atoms with Crippen molar-refractivity contribution < 1.29 is 0 Å². The average molecular weight is 392 g/mol. The van der Waals surface area contributed by atoms with E-state index in [2.05, 4.69) is 42.9 Å². The number of H-pyrrole nitrogens is 1. The van der Waals surface area contributed by atoms with Crippen molar-refractivity contribution in [2.45, 2.75) is 6.92 Å². The Bertz CT molecular complexity index is 745. The first-order valence-electron chi connectivity index (χ1n) is 6.22. The normalized spacial score (nSPS) is 10.8. The summed E-state index contributed by atoms with van der Waals surface area (Å²) in [5.74, 6) is 0.890. The molecule has 3 rings (SSSR count). The Morgan fingerprint density at radius 2 is 1.65 bits per heavy atom. The molecular formula is C16H12Br2N2. The molecule has 0 atom stereocenters. The Hall–Kier alpha value is -1.39. The number of imidazole rings is 1. The van der Waals surface area contributed by atoms with Gasteiger partial charge in [-0.15, -0.1) is 0 Å². The summed E-state index contributed by atoms with van der Waals surface area (Å²) >= 11 is 7.03. The largest absolute Gasteiger partial charge is 0.342 e. The third-order valence-corrected chi connectivity index (χ3v) is 4.35. The molecule has 0 aliphatic carbocycles. The van der Waals surface area contributed by atoms with Crippen LogP contribution < -0.4 is 0 Å². The van der Waals surface area contributed by atoms with Crippen LogP contribution in [0.1, 0.15) is 5.69 Å². The Morgan fingerprint density at radius 3 is 2.35 bits per heavy atom. The number of rotatable bonds is 2. The van der Waals surface area contributed by atoms with Gasteiger partial charge >= 0.3 is 0 Å². The maximum atomic E-state index is 4.74. The van der Waals surface area contributed by atoms with Crippen molar-refractivity contribution in [3.05, 3.63) is 63.2 Å². The molecular weight excluding hydrogens is 380 g/mol. The summed E-state index contributed by atoms with van der Waals surface area (Å²) in [7, 11) is 0. The van der Waals surface area contributed by atoms with E-state index in [1.165, 1.54) is 0 Å². The van der Waals surface area contributed by atoms with E-state index < -0.39 is 0 Å². The first kappa shape index (κ1) is 13.6. The van der Waals surface area contributed by atoms with Gasteiger partial charge in [0.15, 0.2) is 0 Å². The number of aromatic nitrogens is 2. The molecule has 1 heterocycles. The number of aromatic amines is 1. The fourth-order valence-corrected chi connectivity index (χ4v) is 2.86. The van der Waals surface area contributed by atoms with Crippen LogP contribution >= 0.6 is 31.9 Å². The molecule has 0 spiro atoms. The van der Waals surface area contributed by atoms with Crippen LogP contribution in [-0.4, -0.2) is 9.97 Å². The quantitative estimate of drug-likeness (QED) is 0.607. The van der Waals surface area contributed by atoms with Crippen LogP contribution in [0.15, 0.2) is 57.5 Å². The number of hydrogen-bond acceptors (Lipinski definition) is 1. The Morgan fingerprint density at radius 1 is 0.950 bits per heavy atom. The van der Waals surface area contributed by atoms with Crippen LogP contribution in [0.3, 0.4) is 0 Å². The zero-order chi connectivity index (χ0) is 14.1. The van der Waals surface area contributed by atoms with Gasteiger partial charge in [0.2, 0.25) is 0 Å². The van der Waals surface area contributed by atoms with Crippen molar-refractivity contribution in [1.82, 2.24) is 9.97 Å². The van der Waals surface area contributed by atoms with Crippen molar-refractivity contribution >= 4 is 31.9 Å². The van der Waals surface area contributed by atoms with Crippen molar-refractivity contribution in [2.75, 3.05) is 0 Å². The second-order valence-corrected chi connectivity index (χ2v) is 6.32. The number of halogens is 2. The van der Waals surface area contributed by atoms with Crippen LogP contribution in [0, 0.1) is 6.92 Å². The van der Waals surface area contributed by atoms with E-state index in [9.17, 15) is 0 Å². The third-order valence-electron chi connectivity index (χ3n) is 3.13. The predicted molar refractivity (Wildman–Crippen MR) is 89.6 cm³/mol. The van der Waals surface area contributed by atoms with Gasteiger partial charge in [-0.05, 0) is 25.1 Å². The van der Waals surface area contributed by atoms with Gasteiger partial charge in [-0.25, -0.2) is 4.98 Å². The third kappa shape index (κ3) is 2.58. The van der Waals surface area contributed by atoms with Gasteiger partial charge in [0.05, 0.1) is 5.69 Å². The molecule has 4 heteroatoms. The minimum absolute atomic E-state index is 0.890. The van der Waals surface area contributed by atoms with Crippen molar-refractivity contribution in [3.63, 3.8) is 0 Å². The smallest absolute Gasteiger partial charge is 0.138 e. The number of aryl methyl sites for hydroxylation is 1. The van der Waals surface area contributed by atoms with Gasteiger partial charge in [0.1, 0.15) is 5.82 Å². The highest BCUT2D eigenvalue weighted by atomic mass is 79.9. The molecule has 0 aliphatic rings. The summed E-state index contributed by atoms with van der Waals surface area (Å²) in [4.78, 5) is 8.10. The lowest BCUT2D eigenvalue weighted by Gasteiger charge is -2.01. The molecule has 0 saturated carbocycles. The summed E-state index contributed by atoms with van der Waals surface area (Å²) in [6.45, 7) is 2.05. The highest BCUT2D eigenvalue weighted by molar-refractivity contribution is 9.10. The lowest BCUT2D eigenvalue weighted by atomic mass is 10.1. The zero-order valence-electron chi connectivity index (χ0n) is 10.8. The second kappa shape index (κ2) is 5.54. The summed E-state index contributed by atoms with van der Waals surface area (Å²) < 4.78 is 2.12. The van der Waals surface area contributed by atoms with E-state index in [1.807, 2.05) is 49.4 Å². The van der Waals surface area contributed by atoms with Crippen molar-refractivity contribution in [1.29, 1.82) is 0 Å².